The van der Waals surface area contributed by atoms with E-state index in [0.717, 1.165) is 12.3 Å². The van der Waals surface area contributed by atoms with E-state index in [2.05, 4.69) is 15.3 Å². The summed E-state index contributed by atoms with van der Waals surface area (Å²) in [4.78, 5) is 16.3. The van der Waals surface area contributed by atoms with E-state index in [9.17, 15) is 18.0 Å². The highest BCUT2D eigenvalue weighted by atomic mass is 19.4. The third kappa shape index (κ3) is 3.76. The maximum absolute atomic E-state index is 13.1. The topological polar surface area (TPSA) is 71.6 Å². The van der Waals surface area contributed by atoms with Crippen molar-refractivity contribution in [1.29, 1.82) is 0 Å². The summed E-state index contributed by atoms with van der Waals surface area (Å²) in [6, 6.07) is 3.99. The van der Waals surface area contributed by atoms with Crippen LogP contribution in [0.4, 0.5) is 19.1 Å². The summed E-state index contributed by atoms with van der Waals surface area (Å²) in [7, 11) is 0. The first kappa shape index (κ1) is 19.2. The molecule has 4 heterocycles. The number of aryl methyl sites for hydroxylation is 1. The smallest absolute Gasteiger partial charge is 0.339 e. The number of hydrogen-bond acceptors (Lipinski definition) is 5. The molecule has 8 nitrogen and oxygen atoms in total. The zero-order valence-electron chi connectivity index (χ0n) is 15.8. The van der Waals surface area contributed by atoms with Crippen molar-refractivity contribution in [2.24, 2.45) is 0 Å². The second kappa shape index (κ2) is 7.37. The van der Waals surface area contributed by atoms with Gasteiger partial charge in [0.2, 0.25) is 5.95 Å². The molecule has 0 bridgehead atoms. The van der Waals surface area contributed by atoms with Crippen LogP contribution in [0.5, 0.6) is 0 Å². The maximum atomic E-state index is 13.1. The highest BCUT2D eigenvalue weighted by molar-refractivity contribution is 5.92. The third-order valence-corrected chi connectivity index (χ3v) is 4.96. The zero-order chi connectivity index (χ0) is 20.6. The average Bonchev–Trinajstić information content (AvgIpc) is 3.27. The van der Waals surface area contributed by atoms with Gasteiger partial charge >= 0.3 is 6.18 Å². The molecule has 3 aromatic rings. The number of hydrogen-bond donors (Lipinski definition) is 0. The Kier molecular flexibility index (Phi) is 4.89. The molecule has 0 aromatic carbocycles. The van der Waals surface area contributed by atoms with Crippen molar-refractivity contribution in [2.75, 3.05) is 31.1 Å². The molecule has 29 heavy (non-hydrogen) atoms. The first-order valence-corrected chi connectivity index (χ1v) is 9.36. The van der Waals surface area contributed by atoms with E-state index in [-0.39, 0.29) is 5.91 Å². The average molecular weight is 407 g/mol. The van der Waals surface area contributed by atoms with Crippen molar-refractivity contribution in [3.8, 4) is 0 Å². The van der Waals surface area contributed by atoms with Gasteiger partial charge in [-0.15, -0.1) is 10.2 Å². The minimum Gasteiger partial charge on any atom is -0.339 e. The van der Waals surface area contributed by atoms with Gasteiger partial charge in [-0.25, -0.2) is 0 Å². The molecule has 11 heteroatoms. The summed E-state index contributed by atoms with van der Waals surface area (Å²) in [6.45, 7) is 4.59. The molecule has 1 fully saturated rings. The lowest BCUT2D eigenvalue weighted by Gasteiger charge is -2.21. The number of aromatic nitrogens is 5. The Morgan fingerprint density at radius 3 is 2.66 bits per heavy atom. The van der Waals surface area contributed by atoms with Gasteiger partial charge in [-0.1, -0.05) is 0 Å². The number of amides is 1. The summed E-state index contributed by atoms with van der Waals surface area (Å²) in [6.07, 6.45) is -1.01. The first-order valence-electron chi connectivity index (χ1n) is 9.36. The van der Waals surface area contributed by atoms with E-state index >= 15 is 0 Å². The fourth-order valence-corrected chi connectivity index (χ4v) is 3.40. The van der Waals surface area contributed by atoms with Crippen LogP contribution < -0.4 is 4.90 Å². The van der Waals surface area contributed by atoms with Crippen LogP contribution in [-0.2, 0) is 12.7 Å². The summed E-state index contributed by atoms with van der Waals surface area (Å²) in [5, 5.41) is 12.3. The molecule has 4 rings (SSSR count). The van der Waals surface area contributed by atoms with Crippen LogP contribution >= 0.6 is 0 Å². The standard InChI is InChI=1S/C18H20F3N7O/c1-2-27-9-6-14(24-27)16(29)25-7-3-8-26(11-10-25)17-23-22-15-5-4-13(12-28(15)17)18(19,20)21/h4-6,9,12H,2-3,7-8,10-11H2,1H3. The molecule has 3 aromatic heterocycles. The second-order valence-corrected chi connectivity index (χ2v) is 6.83. The lowest BCUT2D eigenvalue weighted by molar-refractivity contribution is -0.137. The van der Waals surface area contributed by atoms with Gasteiger partial charge in [0.15, 0.2) is 5.65 Å². The van der Waals surface area contributed by atoms with Gasteiger partial charge in [-0.05, 0) is 31.5 Å². The monoisotopic (exact) mass is 407 g/mol. The molecule has 0 unspecified atom stereocenters. The van der Waals surface area contributed by atoms with Crippen LogP contribution in [0.15, 0.2) is 30.6 Å². The van der Waals surface area contributed by atoms with Gasteiger partial charge in [0, 0.05) is 45.1 Å². The number of anilines is 1. The summed E-state index contributed by atoms with van der Waals surface area (Å²) in [5.74, 6) is 0.195. The molecule has 154 valence electrons. The maximum Gasteiger partial charge on any atom is 0.417 e. The number of fused-ring (bicyclic) bond motifs is 1. The van der Waals surface area contributed by atoms with Gasteiger partial charge in [0.1, 0.15) is 5.69 Å². The van der Waals surface area contributed by atoms with E-state index in [1.165, 1.54) is 10.5 Å². The first-order chi connectivity index (χ1) is 13.9. The summed E-state index contributed by atoms with van der Waals surface area (Å²) >= 11 is 0. The van der Waals surface area contributed by atoms with Crippen LogP contribution in [0, 0.1) is 0 Å². The fourth-order valence-electron chi connectivity index (χ4n) is 3.40. The second-order valence-electron chi connectivity index (χ2n) is 6.83. The van der Waals surface area contributed by atoms with Crippen molar-refractivity contribution in [2.45, 2.75) is 26.1 Å². The molecule has 1 aliphatic heterocycles. The predicted molar refractivity (Wildman–Crippen MR) is 98.6 cm³/mol. The van der Waals surface area contributed by atoms with Gasteiger partial charge in [-0.2, -0.15) is 18.3 Å². The molecular formula is C18H20F3N7O. The molecule has 0 atom stereocenters. The normalized spacial score (nSPS) is 15.7. The van der Waals surface area contributed by atoms with Crippen molar-refractivity contribution < 1.29 is 18.0 Å². The molecule has 0 saturated carbocycles. The molecule has 0 aliphatic carbocycles. The largest absolute Gasteiger partial charge is 0.417 e. The fraction of sp³-hybridized carbons (Fsp3) is 0.444. The molecule has 0 N–H and O–H groups in total. The minimum absolute atomic E-state index is 0.149. The van der Waals surface area contributed by atoms with Crippen molar-refractivity contribution in [1.82, 2.24) is 29.3 Å². The van der Waals surface area contributed by atoms with E-state index in [1.54, 1.807) is 21.8 Å². The zero-order valence-corrected chi connectivity index (χ0v) is 15.8. The number of alkyl halides is 3. The minimum atomic E-state index is -4.44. The number of carbonyl (C=O) groups is 1. The van der Waals surface area contributed by atoms with Crippen molar-refractivity contribution >= 4 is 17.5 Å². The SMILES string of the molecule is CCn1ccc(C(=O)N2CCCN(c3nnc4ccc(C(F)(F)F)cn34)CC2)n1. The van der Waals surface area contributed by atoms with Crippen molar-refractivity contribution in [3.05, 3.63) is 41.9 Å². The molecule has 0 radical (unpaired) electrons. The molecule has 1 saturated heterocycles. The number of rotatable bonds is 3. The van der Waals surface area contributed by atoms with E-state index in [0.29, 0.717) is 56.4 Å². The molecular weight excluding hydrogens is 387 g/mol. The predicted octanol–water partition coefficient (Wildman–Crippen LogP) is 2.32. The van der Waals surface area contributed by atoms with E-state index < -0.39 is 11.7 Å². The Bertz CT molecular complexity index is 1030. The van der Waals surface area contributed by atoms with E-state index in [4.69, 9.17) is 0 Å². The van der Waals surface area contributed by atoms with Crippen LogP contribution in [0.3, 0.4) is 0 Å². The Morgan fingerprint density at radius 2 is 1.93 bits per heavy atom. The number of nitrogens with zero attached hydrogens (tertiary/aromatic N) is 7. The summed E-state index contributed by atoms with van der Waals surface area (Å²) in [5.41, 5.74) is -0.0254. The Hall–Kier alpha value is -3.11. The Balaban J connectivity index is 1.53. The highest BCUT2D eigenvalue weighted by Crippen LogP contribution is 2.30. The van der Waals surface area contributed by atoms with Crippen molar-refractivity contribution in [3.63, 3.8) is 0 Å². The molecule has 0 spiro atoms. The molecule has 1 amide bonds. The van der Waals surface area contributed by atoms with Gasteiger partial charge in [-0.3, -0.25) is 13.9 Å². The highest BCUT2D eigenvalue weighted by Gasteiger charge is 2.32. The number of carbonyl (C=O) groups excluding carboxylic acids is 1. The van der Waals surface area contributed by atoms with Crippen LogP contribution in [0.1, 0.15) is 29.4 Å². The summed E-state index contributed by atoms with van der Waals surface area (Å²) < 4.78 is 42.3. The Morgan fingerprint density at radius 1 is 1.10 bits per heavy atom. The van der Waals surface area contributed by atoms with Gasteiger partial charge in [0.05, 0.1) is 5.56 Å². The Labute approximate surface area is 164 Å². The van der Waals surface area contributed by atoms with Gasteiger partial charge < -0.3 is 9.80 Å². The lowest BCUT2D eigenvalue weighted by atomic mass is 10.3. The van der Waals surface area contributed by atoms with Crippen LogP contribution in [0.25, 0.3) is 5.65 Å². The third-order valence-electron chi connectivity index (χ3n) is 4.96. The van der Waals surface area contributed by atoms with Gasteiger partial charge in [0.25, 0.3) is 5.91 Å². The van der Waals surface area contributed by atoms with E-state index in [1.807, 2.05) is 11.8 Å². The quantitative estimate of drug-likeness (QED) is 0.666. The number of pyridine rings is 1. The van der Waals surface area contributed by atoms with Crippen LogP contribution in [-0.4, -0.2) is 61.4 Å². The lowest BCUT2D eigenvalue weighted by Crippen LogP contribution is -2.36. The molecule has 1 aliphatic rings. The van der Waals surface area contributed by atoms with Crippen LogP contribution in [0.2, 0.25) is 0 Å². The number of halogens is 3.